The van der Waals surface area contributed by atoms with E-state index in [2.05, 4.69) is 4.72 Å². The first kappa shape index (κ1) is 14.8. The molecule has 0 aliphatic heterocycles. The molecule has 0 aliphatic carbocycles. The quantitative estimate of drug-likeness (QED) is 0.512. The predicted molar refractivity (Wildman–Crippen MR) is 76.7 cm³/mol. The van der Waals surface area contributed by atoms with Crippen LogP contribution in [0.5, 0.6) is 5.75 Å². The minimum atomic E-state index is -3.94. The molecule has 0 amide bonds. The maximum atomic E-state index is 12.3. The molecule has 0 unspecified atom stereocenters. The van der Waals surface area contributed by atoms with E-state index >= 15 is 0 Å². The third-order valence-corrected chi connectivity index (χ3v) is 4.34. The van der Waals surface area contributed by atoms with Crippen molar-refractivity contribution in [2.75, 3.05) is 4.72 Å². The predicted octanol–water partition coefficient (Wildman–Crippen LogP) is 2.41. The lowest BCUT2D eigenvalue weighted by Crippen LogP contribution is -2.14. The van der Waals surface area contributed by atoms with Crippen LogP contribution in [0.3, 0.4) is 0 Å². The standard InChI is InChI=1S/C13H12N2O5S/c1-9-4-2-3-5-13(9)21(19,20)14-11-8-10(15(17)18)6-7-12(11)16/h2-8,14,16H,1H3. The van der Waals surface area contributed by atoms with Crippen LogP contribution >= 0.6 is 0 Å². The summed E-state index contributed by atoms with van der Waals surface area (Å²) in [7, 11) is -3.94. The van der Waals surface area contributed by atoms with Crippen LogP contribution in [0.4, 0.5) is 11.4 Å². The summed E-state index contributed by atoms with van der Waals surface area (Å²) >= 11 is 0. The number of nitrogens with zero attached hydrogens (tertiary/aromatic N) is 1. The Morgan fingerprint density at radius 2 is 1.86 bits per heavy atom. The Labute approximate surface area is 121 Å². The molecule has 0 bridgehead atoms. The van der Waals surface area contributed by atoms with Crippen LogP contribution in [0.1, 0.15) is 5.56 Å². The monoisotopic (exact) mass is 308 g/mol. The SMILES string of the molecule is Cc1ccccc1S(=O)(=O)Nc1cc([N+](=O)[O-])ccc1O. The third kappa shape index (κ3) is 3.11. The number of phenols is 1. The van der Waals surface area contributed by atoms with Gasteiger partial charge in [0.15, 0.2) is 0 Å². The number of aromatic hydroxyl groups is 1. The Bertz CT molecular complexity index is 802. The number of phenolic OH excluding ortho intramolecular Hbond substituents is 1. The first-order chi connectivity index (χ1) is 9.81. The number of rotatable bonds is 4. The molecule has 0 atom stereocenters. The second-order valence-electron chi connectivity index (χ2n) is 4.33. The highest BCUT2D eigenvalue weighted by molar-refractivity contribution is 7.92. The molecule has 0 saturated heterocycles. The summed E-state index contributed by atoms with van der Waals surface area (Å²) in [6.45, 7) is 1.63. The van der Waals surface area contributed by atoms with E-state index in [-0.39, 0.29) is 16.3 Å². The van der Waals surface area contributed by atoms with Gasteiger partial charge in [-0.2, -0.15) is 0 Å². The molecule has 0 aromatic heterocycles. The molecule has 0 aliphatic rings. The first-order valence-corrected chi connectivity index (χ1v) is 7.35. The molecule has 110 valence electrons. The Kier molecular flexibility index (Phi) is 3.81. The van der Waals surface area contributed by atoms with E-state index in [1.807, 2.05) is 0 Å². The molecule has 7 nitrogen and oxygen atoms in total. The fourth-order valence-electron chi connectivity index (χ4n) is 1.78. The Morgan fingerprint density at radius 3 is 2.48 bits per heavy atom. The molecule has 0 radical (unpaired) electrons. The minimum absolute atomic E-state index is 0.0379. The summed E-state index contributed by atoms with van der Waals surface area (Å²) in [6, 6.07) is 9.40. The average molecular weight is 308 g/mol. The number of nitro groups is 1. The number of hydrogen-bond acceptors (Lipinski definition) is 5. The minimum Gasteiger partial charge on any atom is -0.506 e. The highest BCUT2D eigenvalue weighted by Crippen LogP contribution is 2.30. The fourth-order valence-corrected chi connectivity index (χ4v) is 3.09. The van der Waals surface area contributed by atoms with Gasteiger partial charge in [0, 0.05) is 12.1 Å². The van der Waals surface area contributed by atoms with Gasteiger partial charge in [-0.15, -0.1) is 0 Å². The lowest BCUT2D eigenvalue weighted by atomic mass is 10.2. The lowest BCUT2D eigenvalue weighted by Gasteiger charge is -2.11. The zero-order valence-corrected chi connectivity index (χ0v) is 11.8. The van der Waals surface area contributed by atoms with Crippen molar-refractivity contribution in [1.82, 2.24) is 0 Å². The van der Waals surface area contributed by atoms with E-state index in [1.54, 1.807) is 25.1 Å². The largest absolute Gasteiger partial charge is 0.506 e. The van der Waals surface area contributed by atoms with Crippen LogP contribution in [0, 0.1) is 17.0 Å². The van der Waals surface area contributed by atoms with Gasteiger partial charge in [-0.05, 0) is 24.6 Å². The topological polar surface area (TPSA) is 110 Å². The second-order valence-corrected chi connectivity index (χ2v) is 5.98. The number of non-ortho nitro benzene ring substituents is 1. The van der Waals surface area contributed by atoms with Crippen molar-refractivity contribution in [3.05, 3.63) is 58.1 Å². The van der Waals surface area contributed by atoms with Gasteiger partial charge in [-0.1, -0.05) is 18.2 Å². The van der Waals surface area contributed by atoms with Gasteiger partial charge in [-0.25, -0.2) is 8.42 Å². The highest BCUT2D eigenvalue weighted by Gasteiger charge is 2.19. The zero-order valence-electron chi connectivity index (χ0n) is 11.0. The molecule has 0 saturated carbocycles. The number of hydrogen-bond donors (Lipinski definition) is 2. The smallest absolute Gasteiger partial charge is 0.271 e. The van der Waals surface area contributed by atoms with Crippen molar-refractivity contribution < 1.29 is 18.4 Å². The van der Waals surface area contributed by atoms with Gasteiger partial charge < -0.3 is 5.11 Å². The second kappa shape index (κ2) is 5.41. The molecule has 21 heavy (non-hydrogen) atoms. The number of nitro benzene ring substituents is 1. The van der Waals surface area contributed by atoms with Gasteiger partial charge in [0.05, 0.1) is 15.5 Å². The molecule has 8 heteroatoms. The van der Waals surface area contributed by atoms with E-state index in [9.17, 15) is 23.6 Å². The van der Waals surface area contributed by atoms with Crippen molar-refractivity contribution >= 4 is 21.4 Å². The van der Waals surface area contributed by atoms with Crippen LogP contribution < -0.4 is 4.72 Å². The summed E-state index contributed by atoms with van der Waals surface area (Å²) in [5, 5.41) is 20.3. The zero-order chi connectivity index (χ0) is 15.6. The van der Waals surface area contributed by atoms with E-state index in [1.165, 1.54) is 6.07 Å². The van der Waals surface area contributed by atoms with E-state index in [0.29, 0.717) is 5.56 Å². The van der Waals surface area contributed by atoms with Crippen molar-refractivity contribution in [1.29, 1.82) is 0 Å². The summed E-state index contributed by atoms with van der Waals surface area (Å²) < 4.78 is 26.7. The average Bonchev–Trinajstić information content (AvgIpc) is 2.41. The van der Waals surface area contributed by atoms with E-state index in [4.69, 9.17) is 0 Å². The van der Waals surface area contributed by atoms with Crippen molar-refractivity contribution in [3.63, 3.8) is 0 Å². The molecule has 2 aromatic carbocycles. The summed E-state index contributed by atoms with van der Waals surface area (Å²) in [6.07, 6.45) is 0. The normalized spacial score (nSPS) is 11.1. The first-order valence-electron chi connectivity index (χ1n) is 5.87. The van der Waals surface area contributed by atoms with Crippen LogP contribution in [-0.4, -0.2) is 18.4 Å². The van der Waals surface area contributed by atoms with E-state index < -0.39 is 20.7 Å². The van der Waals surface area contributed by atoms with Gasteiger partial charge >= 0.3 is 0 Å². The maximum absolute atomic E-state index is 12.3. The van der Waals surface area contributed by atoms with Crippen LogP contribution in [0.25, 0.3) is 0 Å². The molecular weight excluding hydrogens is 296 g/mol. The van der Waals surface area contributed by atoms with Crippen molar-refractivity contribution in [2.45, 2.75) is 11.8 Å². The molecule has 0 fully saturated rings. The van der Waals surface area contributed by atoms with Gasteiger partial charge in [0.2, 0.25) is 0 Å². The number of benzene rings is 2. The molecule has 2 rings (SSSR count). The summed E-state index contributed by atoms with van der Waals surface area (Å²) in [5.41, 5.74) is -0.0438. The molecule has 0 spiro atoms. The number of sulfonamides is 1. The Balaban J connectivity index is 2.44. The molecule has 2 aromatic rings. The van der Waals surface area contributed by atoms with Crippen molar-refractivity contribution in [2.24, 2.45) is 0 Å². The van der Waals surface area contributed by atoms with Crippen LogP contribution in [-0.2, 0) is 10.0 Å². The van der Waals surface area contributed by atoms with E-state index in [0.717, 1.165) is 18.2 Å². The highest BCUT2D eigenvalue weighted by atomic mass is 32.2. The number of aryl methyl sites for hydroxylation is 1. The fraction of sp³-hybridized carbons (Fsp3) is 0.0769. The molecular formula is C13H12N2O5S. The van der Waals surface area contributed by atoms with Crippen molar-refractivity contribution in [3.8, 4) is 5.75 Å². The van der Waals surface area contributed by atoms with Crippen LogP contribution in [0.15, 0.2) is 47.4 Å². The van der Waals surface area contributed by atoms with Gasteiger partial charge in [-0.3, -0.25) is 14.8 Å². The van der Waals surface area contributed by atoms with Gasteiger partial charge in [0.1, 0.15) is 5.75 Å². The number of anilines is 1. The Hall–Kier alpha value is -2.61. The number of nitrogens with one attached hydrogen (secondary N) is 1. The van der Waals surface area contributed by atoms with Crippen LogP contribution in [0.2, 0.25) is 0 Å². The maximum Gasteiger partial charge on any atom is 0.271 e. The third-order valence-electron chi connectivity index (χ3n) is 2.82. The Morgan fingerprint density at radius 1 is 1.19 bits per heavy atom. The summed E-state index contributed by atoms with van der Waals surface area (Å²) in [4.78, 5) is 10.1. The molecule has 2 N–H and O–H groups in total. The molecule has 0 heterocycles. The van der Waals surface area contributed by atoms with Gasteiger partial charge in [0.25, 0.3) is 15.7 Å². The summed E-state index contributed by atoms with van der Waals surface area (Å²) in [5.74, 6) is -0.391. The lowest BCUT2D eigenvalue weighted by molar-refractivity contribution is -0.384.